The van der Waals surface area contributed by atoms with Crippen LogP contribution >= 0.6 is 0 Å². The molecule has 0 saturated heterocycles. The Morgan fingerprint density at radius 2 is 1.56 bits per heavy atom. The van der Waals surface area contributed by atoms with Gasteiger partial charge < -0.3 is 10.6 Å². The molecular formula is C17H9F5N4O. The number of aromatic nitrogens is 2. The van der Waals surface area contributed by atoms with Crippen molar-refractivity contribution in [3.8, 4) is 0 Å². The van der Waals surface area contributed by atoms with E-state index in [2.05, 4.69) is 15.3 Å². The molecule has 10 heteroatoms. The topological polar surface area (TPSA) is 66.9 Å². The van der Waals surface area contributed by atoms with Gasteiger partial charge >= 0.3 is 0 Å². The average Bonchev–Trinajstić information content (AvgIpc) is 2.65. The Morgan fingerprint density at radius 1 is 0.815 bits per heavy atom. The maximum absolute atomic E-state index is 13.6. The standard InChI is InChI=1S/C17H9F5N4O/c18-8-1-3-11(10(20)5-8)25-14-7-23-13(6-24-14)17(27)26-12-4-2-9(19)15(21)16(12)22/h1-7H,(H,24,25)(H,26,27). The summed E-state index contributed by atoms with van der Waals surface area (Å²) in [5.41, 5.74) is -0.896. The Hall–Kier alpha value is -3.56. The predicted octanol–water partition coefficient (Wildman–Crippen LogP) is 4.17. The largest absolute Gasteiger partial charge is 0.337 e. The van der Waals surface area contributed by atoms with Crippen molar-refractivity contribution < 1.29 is 26.7 Å². The van der Waals surface area contributed by atoms with Gasteiger partial charge in [0.25, 0.3) is 5.91 Å². The zero-order valence-electron chi connectivity index (χ0n) is 13.2. The van der Waals surface area contributed by atoms with Crippen LogP contribution in [0.1, 0.15) is 10.5 Å². The minimum absolute atomic E-state index is 0.0519. The van der Waals surface area contributed by atoms with E-state index in [1.165, 1.54) is 0 Å². The number of carbonyl (C=O) groups is 1. The summed E-state index contributed by atoms with van der Waals surface area (Å²) in [5, 5.41) is 4.57. The molecule has 0 bridgehead atoms. The summed E-state index contributed by atoms with van der Waals surface area (Å²) in [6.07, 6.45) is 2.08. The van der Waals surface area contributed by atoms with Crippen LogP contribution in [0.2, 0.25) is 0 Å². The second-order valence-electron chi connectivity index (χ2n) is 5.21. The van der Waals surface area contributed by atoms with Crippen LogP contribution in [0.25, 0.3) is 0 Å². The van der Waals surface area contributed by atoms with Crippen LogP contribution < -0.4 is 10.6 Å². The predicted molar refractivity (Wildman–Crippen MR) is 85.9 cm³/mol. The molecule has 27 heavy (non-hydrogen) atoms. The Morgan fingerprint density at radius 3 is 2.22 bits per heavy atom. The van der Waals surface area contributed by atoms with Crippen LogP contribution in [0.3, 0.4) is 0 Å². The van der Waals surface area contributed by atoms with E-state index in [0.29, 0.717) is 12.1 Å². The average molecular weight is 380 g/mol. The van der Waals surface area contributed by atoms with Gasteiger partial charge in [0.15, 0.2) is 17.5 Å². The van der Waals surface area contributed by atoms with Gasteiger partial charge in [-0.25, -0.2) is 31.9 Å². The highest BCUT2D eigenvalue weighted by atomic mass is 19.2. The van der Waals surface area contributed by atoms with Crippen molar-refractivity contribution in [2.75, 3.05) is 10.6 Å². The fraction of sp³-hybridized carbons (Fsp3) is 0. The number of hydrogen-bond acceptors (Lipinski definition) is 4. The van der Waals surface area contributed by atoms with E-state index >= 15 is 0 Å². The third-order valence-corrected chi connectivity index (χ3v) is 3.36. The number of hydrogen-bond donors (Lipinski definition) is 2. The number of amides is 1. The molecule has 2 aromatic carbocycles. The van der Waals surface area contributed by atoms with Crippen LogP contribution in [0.5, 0.6) is 0 Å². The molecule has 3 aromatic rings. The zero-order chi connectivity index (χ0) is 19.6. The highest BCUT2D eigenvalue weighted by Gasteiger charge is 2.17. The Balaban J connectivity index is 1.73. The summed E-state index contributed by atoms with van der Waals surface area (Å²) in [5.74, 6) is -7.15. The molecule has 0 aliphatic carbocycles. The molecule has 1 amide bonds. The number of rotatable bonds is 4. The number of nitrogens with one attached hydrogen (secondary N) is 2. The van der Waals surface area contributed by atoms with Gasteiger partial charge in [-0.1, -0.05) is 0 Å². The Kier molecular flexibility index (Phi) is 4.97. The maximum atomic E-state index is 13.6. The highest BCUT2D eigenvalue weighted by Crippen LogP contribution is 2.21. The lowest BCUT2D eigenvalue weighted by molar-refractivity contribution is 0.102. The fourth-order valence-electron chi connectivity index (χ4n) is 2.05. The van der Waals surface area contributed by atoms with Crippen LogP contribution in [-0.4, -0.2) is 15.9 Å². The van der Waals surface area contributed by atoms with E-state index in [1.807, 2.05) is 5.32 Å². The van der Waals surface area contributed by atoms with E-state index in [9.17, 15) is 26.7 Å². The quantitative estimate of drug-likeness (QED) is 0.527. The molecule has 5 nitrogen and oxygen atoms in total. The molecule has 0 spiro atoms. The highest BCUT2D eigenvalue weighted by molar-refractivity contribution is 6.02. The van der Waals surface area contributed by atoms with Crippen LogP contribution in [0.15, 0.2) is 42.7 Å². The van der Waals surface area contributed by atoms with Gasteiger partial charge in [-0.3, -0.25) is 4.79 Å². The molecule has 1 heterocycles. The van der Waals surface area contributed by atoms with Gasteiger partial charge in [0.05, 0.1) is 23.8 Å². The third-order valence-electron chi connectivity index (χ3n) is 3.36. The van der Waals surface area contributed by atoms with Crippen molar-refractivity contribution in [1.82, 2.24) is 9.97 Å². The zero-order valence-corrected chi connectivity index (χ0v) is 13.2. The van der Waals surface area contributed by atoms with Gasteiger partial charge in [0.1, 0.15) is 23.1 Å². The first kappa shape index (κ1) is 18.2. The molecule has 0 aliphatic rings. The molecule has 0 fully saturated rings. The van der Waals surface area contributed by atoms with Crippen molar-refractivity contribution >= 4 is 23.1 Å². The van der Waals surface area contributed by atoms with E-state index in [1.54, 1.807) is 0 Å². The molecule has 0 atom stereocenters. The summed E-state index contributed by atoms with van der Waals surface area (Å²) >= 11 is 0. The summed E-state index contributed by atoms with van der Waals surface area (Å²) in [7, 11) is 0. The lowest BCUT2D eigenvalue weighted by Gasteiger charge is -2.08. The van der Waals surface area contributed by atoms with Gasteiger partial charge in [-0.2, -0.15) is 0 Å². The summed E-state index contributed by atoms with van der Waals surface area (Å²) in [6, 6.07) is 4.38. The van der Waals surface area contributed by atoms with Gasteiger partial charge in [-0.15, -0.1) is 0 Å². The first-order valence-electron chi connectivity index (χ1n) is 7.34. The Bertz CT molecular complexity index is 1010. The molecule has 0 saturated carbocycles. The number of carbonyl (C=O) groups excluding carboxylic acids is 1. The van der Waals surface area contributed by atoms with Gasteiger partial charge in [0, 0.05) is 6.07 Å². The summed E-state index contributed by atoms with van der Waals surface area (Å²) in [6.45, 7) is 0. The van der Waals surface area contributed by atoms with Crippen molar-refractivity contribution in [3.63, 3.8) is 0 Å². The number of benzene rings is 2. The minimum Gasteiger partial charge on any atom is -0.337 e. The first-order valence-corrected chi connectivity index (χ1v) is 7.34. The molecule has 1 aromatic heterocycles. The van der Waals surface area contributed by atoms with E-state index in [0.717, 1.165) is 30.6 Å². The SMILES string of the molecule is O=C(Nc1ccc(F)c(F)c1F)c1cnc(Nc2ccc(F)cc2F)cn1. The van der Waals surface area contributed by atoms with Gasteiger partial charge in [-0.05, 0) is 24.3 Å². The number of halogens is 5. The van der Waals surface area contributed by atoms with Crippen molar-refractivity contribution in [1.29, 1.82) is 0 Å². The van der Waals surface area contributed by atoms with Crippen molar-refractivity contribution in [3.05, 3.63) is 77.5 Å². The normalized spacial score (nSPS) is 10.6. The lowest BCUT2D eigenvalue weighted by Crippen LogP contribution is -2.16. The number of nitrogens with zero attached hydrogens (tertiary/aromatic N) is 2. The molecule has 138 valence electrons. The van der Waals surface area contributed by atoms with E-state index in [-0.39, 0.29) is 17.2 Å². The smallest absolute Gasteiger partial charge is 0.275 e. The number of anilines is 3. The van der Waals surface area contributed by atoms with Crippen molar-refractivity contribution in [2.45, 2.75) is 0 Å². The second kappa shape index (κ2) is 7.36. The summed E-state index contributed by atoms with van der Waals surface area (Å²) < 4.78 is 66.1. The monoisotopic (exact) mass is 380 g/mol. The summed E-state index contributed by atoms with van der Waals surface area (Å²) in [4.78, 5) is 19.6. The first-order chi connectivity index (χ1) is 12.8. The fourth-order valence-corrected chi connectivity index (χ4v) is 2.05. The molecule has 3 rings (SSSR count). The van der Waals surface area contributed by atoms with Crippen molar-refractivity contribution in [2.24, 2.45) is 0 Å². The minimum atomic E-state index is -1.72. The van der Waals surface area contributed by atoms with Gasteiger partial charge in [0.2, 0.25) is 0 Å². The Labute approximate surface area is 148 Å². The lowest BCUT2D eigenvalue weighted by atomic mass is 10.2. The maximum Gasteiger partial charge on any atom is 0.275 e. The van der Waals surface area contributed by atoms with E-state index in [4.69, 9.17) is 0 Å². The third kappa shape index (κ3) is 4.00. The van der Waals surface area contributed by atoms with Crippen LogP contribution in [0.4, 0.5) is 39.1 Å². The molecule has 0 aliphatic heterocycles. The van der Waals surface area contributed by atoms with Crippen LogP contribution in [-0.2, 0) is 0 Å². The molecular weight excluding hydrogens is 371 g/mol. The van der Waals surface area contributed by atoms with Crippen LogP contribution in [0, 0.1) is 29.1 Å². The molecule has 2 N–H and O–H groups in total. The van der Waals surface area contributed by atoms with E-state index < -0.39 is 40.7 Å². The second-order valence-corrected chi connectivity index (χ2v) is 5.21. The molecule has 0 radical (unpaired) electrons. The molecule has 0 unspecified atom stereocenters.